The lowest BCUT2D eigenvalue weighted by Crippen LogP contribution is -2.42. The van der Waals surface area contributed by atoms with Crippen LogP contribution in [0, 0.1) is 0 Å². The fourth-order valence-electron chi connectivity index (χ4n) is 2.88. The summed E-state index contributed by atoms with van der Waals surface area (Å²) >= 11 is 0. The molecule has 1 aliphatic carbocycles. The zero-order valence-electron chi connectivity index (χ0n) is 9.71. The van der Waals surface area contributed by atoms with E-state index in [0.29, 0.717) is 0 Å². The lowest BCUT2D eigenvalue weighted by molar-refractivity contribution is 0.371. The first-order valence-electron chi connectivity index (χ1n) is 6.45. The van der Waals surface area contributed by atoms with Crippen LogP contribution in [0.4, 0.5) is 0 Å². The van der Waals surface area contributed by atoms with Crippen molar-refractivity contribution >= 4 is 0 Å². The van der Waals surface area contributed by atoms with Crippen molar-refractivity contribution < 1.29 is 0 Å². The molecule has 0 saturated carbocycles. The maximum Gasteiger partial charge on any atom is 0.00914 e. The highest BCUT2D eigenvalue weighted by atomic mass is 15.0. The van der Waals surface area contributed by atoms with E-state index in [1.54, 1.807) is 11.1 Å². The number of hydrogen-bond donors (Lipinski definition) is 2. The summed E-state index contributed by atoms with van der Waals surface area (Å²) in [6.45, 7) is 3.53. The van der Waals surface area contributed by atoms with Gasteiger partial charge in [0.25, 0.3) is 0 Å². The molecule has 0 spiro atoms. The molecule has 0 aromatic heterocycles. The first kappa shape index (κ1) is 10.3. The highest BCUT2D eigenvalue weighted by Gasteiger charge is 2.25. The number of nitrogens with one attached hydrogen (secondary N) is 2. The Morgan fingerprint density at radius 2 is 2.00 bits per heavy atom. The van der Waals surface area contributed by atoms with Crippen LogP contribution in [-0.2, 0) is 6.42 Å². The molecule has 1 saturated heterocycles. The van der Waals surface area contributed by atoms with Gasteiger partial charge in [0.15, 0.2) is 0 Å². The summed E-state index contributed by atoms with van der Waals surface area (Å²) in [4.78, 5) is 0. The van der Waals surface area contributed by atoms with Crippen molar-refractivity contribution in [1.82, 2.24) is 10.6 Å². The van der Waals surface area contributed by atoms with Crippen molar-refractivity contribution in [2.75, 3.05) is 19.6 Å². The Kier molecular flexibility index (Phi) is 2.94. The van der Waals surface area contributed by atoms with Gasteiger partial charge in [-0.25, -0.2) is 0 Å². The van der Waals surface area contributed by atoms with Gasteiger partial charge in [0, 0.05) is 18.5 Å². The highest BCUT2D eigenvalue weighted by molar-refractivity contribution is 5.40. The van der Waals surface area contributed by atoms with Crippen LogP contribution in [0.3, 0.4) is 0 Å². The van der Waals surface area contributed by atoms with Gasteiger partial charge in [-0.05, 0) is 43.5 Å². The van der Waals surface area contributed by atoms with E-state index < -0.39 is 0 Å². The van der Waals surface area contributed by atoms with Crippen molar-refractivity contribution in [2.45, 2.75) is 31.2 Å². The van der Waals surface area contributed by atoms with Crippen LogP contribution >= 0.6 is 0 Å². The standard InChI is InChI=1S/C14H20N2/c1-2-4-14-11(3-1)9-12(14)10-16-13-5-7-15-8-6-13/h1-4,12-13,15-16H,5-10H2. The third-order valence-electron chi connectivity index (χ3n) is 3.95. The summed E-state index contributed by atoms with van der Waals surface area (Å²) in [5, 5.41) is 7.13. The van der Waals surface area contributed by atoms with Crippen LogP contribution in [-0.4, -0.2) is 25.7 Å². The summed E-state index contributed by atoms with van der Waals surface area (Å²) in [6, 6.07) is 9.60. The minimum absolute atomic E-state index is 0.744. The fourth-order valence-corrected chi connectivity index (χ4v) is 2.88. The van der Waals surface area contributed by atoms with Gasteiger partial charge in [0.2, 0.25) is 0 Å². The number of piperidine rings is 1. The van der Waals surface area contributed by atoms with E-state index in [9.17, 15) is 0 Å². The Balaban J connectivity index is 1.50. The summed E-state index contributed by atoms with van der Waals surface area (Å²) in [7, 11) is 0. The Morgan fingerprint density at radius 3 is 2.81 bits per heavy atom. The van der Waals surface area contributed by atoms with Gasteiger partial charge >= 0.3 is 0 Å². The maximum absolute atomic E-state index is 3.72. The molecule has 2 heteroatoms. The molecule has 2 aliphatic rings. The lowest BCUT2D eigenvalue weighted by Gasteiger charge is -2.33. The zero-order valence-corrected chi connectivity index (χ0v) is 9.71. The van der Waals surface area contributed by atoms with Crippen LogP contribution in [0.1, 0.15) is 29.9 Å². The van der Waals surface area contributed by atoms with Gasteiger partial charge < -0.3 is 10.6 Å². The topological polar surface area (TPSA) is 24.1 Å². The molecule has 2 nitrogen and oxygen atoms in total. The molecule has 1 unspecified atom stereocenters. The predicted octanol–water partition coefficient (Wildman–Crippen LogP) is 1.67. The Hall–Kier alpha value is -0.860. The number of benzene rings is 1. The molecule has 1 fully saturated rings. The molecule has 0 amide bonds. The minimum Gasteiger partial charge on any atom is -0.317 e. The van der Waals surface area contributed by atoms with Crippen LogP contribution in [0.15, 0.2) is 24.3 Å². The normalized spacial score (nSPS) is 24.9. The minimum atomic E-state index is 0.744. The monoisotopic (exact) mass is 216 g/mol. The first-order chi connectivity index (χ1) is 7.93. The molecule has 16 heavy (non-hydrogen) atoms. The third kappa shape index (κ3) is 2.00. The number of rotatable bonds is 3. The first-order valence-corrected chi connectivity index (χ1v) is 6.45. The molecular formula is C14H20N2. The van der Waals surface area contributed by atoms with Crippen LogP contribution in [0.5, 0.6) is 0 Å². The molecule has 1 heterocycles. The van der Waals surface area contributed by atoms with Crippen molar-refractivity contribution in [3.8, 4) is 0 Å². The largest absolute Gasteiger partial charge is 0.317 e. The molecule has 1 aliphatic heterocycles. The van der Waals surface area contributed by atoms with Crippen LogP contribution < -0.4 is 10.6 Å². The van der Waals surface area contributed by atoms with E-state index in [2.05, 4.69) is 34.9 Å². The Morgan fingerprint density at radius 1 is 1.19 bits per heavy atom. The summed E-state index contributed by atoms with van der Waals surface area (Å²) in [5.41, 5.74) is 3.13. The SMILES string of the molecule is c1ccc2c(c1)CC2CNC1CCNCC1. The summed E-state index contributed by atoms with van der Waals surface area (Å²) in [6.07, 6.45) is 3.84. The highest BCUT2D eigenvalue weighted by Crippen LogP contribution is 2.34. The molecule has 0 radical (unpaired) electrons. The van der Waals surface area contributed by atoms with Crippen molar-refractivity contribution in [3.05, 3.63) is 35.4 Å². The van der Waals surface area contributed by atoms with Crippen LogP contribution in [0.2, 0.25) is 0 Å². The molecule has 1 atom stereocenters. The van der Waals surface area contributed by atoms with E-state index >= 15 is 0 Å². The van der Waals surface area contributed by atoms with Gasteiger partial charge in [-0.1, -0.05) is 24.3 Å². The van der Waals surface area contributed by atoms with Gasteiger partial charge in [0.05, 0.1) is 0 Å². The van der Waals surface area contributed by atoms with Gasteiger partial charge in [-0.3, -0.25) is 0 Å². The summed E-state index contributed by atoms with van der Waals surface area (Å²) < 4.78 is 0. The van der Waals surface area contributed by atoms with E-state index in [1.165, 1.54) is 38.9 Å². The smallest absolute Gasteiger partial charge is 0.00914 e. The Bertz CT molecular complexity index is 356. The molecule has 0 bridgehead atoms. The third-order valence-corrected chi connectivity index (χ3v) is 3.95. The van der Waals surface area contributed by atoms with Gasteiger partial charge in [-0.2, -0.15) is 0 Å². The molecule has 1 aromatic rings. The van der Waals surface area contributed by atoms with Gasteiger partial charge in [-0.15, -0.1) is 0 Å². The summed E-state index contributed by atoms with van der Waals surface area (Å²) in [5.74, 6) is 0.770. The molecule has 3 rings (SSSR count). The quantitative estimate of drug-likeness (QED) is 0.803. The molecule has 1 aromatic carbocycles. The molecule has 86 valence electrons. The van der Waals surface area contributed by atoms with E-state index in [4.69, 9.17) is 0 Å². The number of fused-ring (bicyclic) bond motifs is 1. The second-order valence-electron chi connectivity index (χ2n) is 5.03. The zero-order chi connectivity index (χ0) is 10.8. The van der Waals surface area contributed by atoms with E-state index in [1.807, 2.05) is 0 Å². The maximum atomic E-state index is 3.72. The fraction of sp³-hybridized carbons (Fsp3) is 0.571. The molecular weight excluding hydrogens is 196 g/mol. The average Bonchev–Trinajstić information content (AvgIpc) is 2.32. The van der Waals surface area contributed by atoms with Crippen molar-refractivity contribution in [3.63, 3.8) is 0 Å². The Labute approximate surface area is 97.4 Å². The van der Waals surface area contributed by atoms with Crippen molar-refractivity contribution in [1.29, 1.82) is 0 Å². The second kappa shape index (κ2) is 4.56. The molecule has 2 N–H and O–H groups in total. The van der Waals surface area contributed by atoms with E-state index in [0.717, 1.165) is 12.0 Å². The number of hydrogen-bond acceptors (Lipinski definition) is 2. The van der Waals surface area contributed by atoms with Crippen LogP contribution in [0.25, 0.3) is 0 Å². The second-order valence-corrected chi connectivity index (χ2v) is 5.03. The average molecular weight is 216 g/mol. The lowest BCUT2D eigenvalue weighted by atomic mass is 9.77. The van der Waals surface area contributed by atoms with E-state index in [-0.39, 0.29) is 0 Å². The van der Waals surface area contributed by atoms with Crippen molar-refractivity contribution in [2.24, 2.45) is 0 Å². The predicted molar refractivity (Wildman–Crippen MR) is 66.8 cm³/mol. The van der Waals surface area contributed by atoms with Gasteiger partial charge in [0.1, 0.15) is 0 Å².